The average Bonchev–Trinajstić information content (AvgIpc) is 3.44. The van der Waals surface area contributed by atoms with E-state index in [9.17, 15) is 9.59 Å². The average molecular weight is 568 g/mol. The van der Waals surface area contributed by atoms with Gasteiger partial charge in [-0.05, 0) is 42.9 Å². The van der Waals surface area contributed by atoms with Gasteiger partial charge in [0.15, 0.2) is 0 Å². The van der Waals surface area contributed by atoms with E-state index in [1.54, 1.807) is 11.9 Å². The first-order chi connectivity index (χ1) is 19.1. The van der Waals surface area contributed by atoms with Crippen molar-refractivity contribution in [3.63, 3.8) is 0 Å². The molecule has 0 aromatic heterocycles. The highest BCUT2D eigenvalue weighted by atomic mass is 19.1. The van der Waals surface area contributed by atoms with Gasteiger partial charge in [0.25, 0.3) is 0 Å². The van der Waals surface area contributed by atoms with Crippen molar-refractivity contribution < 1.29 is 23.1 Å². The Morgan fingerprint density at radius 1 is 1.07 bits per heavy atom. The van der Waals surface area contributed by atoms with Crippen LogP contribution in [0.1, 0.15) is 57.8 Å². The fourth-order valence-corrected chi connectivity index (χ4v) is 9.22. The van der Waals surface area contributed by atoms with Crippen LogP contribution in [0.15, 0.2) is 0 Å². The monoisotopic (exact) mass is 567 g/mol. The van der Waals surface area contributed by atoms with E-state index in [0.29, 0.717) is 45.4 Å². The lowest BCUT2D eigenvalue weighted by molar-refractivity contribution is -0.129. The van der Waals surface area contributed by atoms with Crippen LogP contribution in [0, 0.1) is 16.7 Å². The van der Waals surface area contributed by atoms with Gasteiger partial charge in [0, 0.05) is 58.7 Å². The number of hydrogen-bond acceptors (Lipinski definition) is 8. The second kappa shape index (κ2) is 10.6. The van der Waals surface area contributed by atoms with Crippen molar-refractivity contribution >= 4 is 12.0 Å². The Balaban J connectivity index is 1.15. The minimum absolute atomic E-state index is 0.0542. The maximum absolute atomic E-state index is 15.5. The summed E-state index contributed by atoms with van der Waals surface area (Å²) in [6.07, 6.45) is 4.65. The van der Waals surface area contributed by atoms with Crippen molar-refractivity contribution in [2.24, 2.45) is 28.2 Å². The number of hydrogen-bond donors (Lipinski definition) is 5. The van der Waals surface area contributed by atoms with Gasteiger partial charge in [-0.15, -0.1) is 0 Å². The third-order valence-corrected chi connectivity index (χ3v) is 11.3. The van der Waals surface area contributed by atoms with Crippen molar-refractivity contribution in [2.75, 3.05) is 46.3 Å². The zero-order valence-electron chi connectivity index (χ0n) is 23.7. The molecule has 0 radical (unpaired) electrons. The number of alkyl halides is 2. The molecule has 6 aliphatic rings. The molecule has 226 valence electrons. The highest BCUT2D eigenvalue weighted by molar-refractivity contribution is 5.80. The SMILES string of the molecule is CN1CC2(CCN(C3C(F)CNCC3NC(=O)C(C(N)N)C3CC45CCCC[C@]4(CC(F)CN3)C5)CC2)OC1=O. The topological polar surface area (TPSA) is 138 Å². The Bertz CT molecular complexity index is 982. The summed E-state index contributed by atoms with van der Waals surface area (Å²) in [6.45, 7) is 2.52. The minimum atomic E-state index is -1.17. The number of amides is 2. The molecule has 6 rings (SSSR count). The molecule has 10 nitrogen and oxygen atoms in total. The quantitative estimate of drug-likeness (QED) is 0.305. The van der Waals surface area contributed by atoms with Gasteiger partial charge in [-0.2, -0.15) is 0 Å². The third kappa shape index (κ3) is 5.01. The summed E-state index contributed by atoms with van der Waals surface area (Å²) >= 11 is 0. The van der Waals surface area contributed by atoms with Crippen LogP contribution >= 0.6 is 0 Å². The van der Waals surface area contributed by atoms with E-state index in [1.165, 1.54) is 0 Å². The molecule has 0 aromatic carbocycles. The van der Waals surface area contributed by atoms with E-state index in [0.717, 1.165) is 38.5 Å². The number of likely N-dealkylation sites (tertiary alicyclic amines) is 1. The first-order valence-electron chi connectivity index (χ1n) is 15.3. The molecule has 2 amide bonds. The largest absolute Gasteiger partial charge is 0.441 e. The molecule has 4 aliphatic heterocycles. The highest BCUT2D eigenvalue weighted by Gasteiger charge is 2.68. The number of halogens is 2. The van der Waals surface area contributed by atoms with Crippen molar-refractivity contribution in [1.29, 1.82) is 0 Å². The van der Waals surface area contributed by atoms with E-state index < -0.39 is 42.1 Å². The molecule has 2 saturated carbocycles. The molecule has 4 heterocycles. The lowest BCUT2D eigenvalue weighted by Crippen LogP contribution is -2.68. The first kappa shape index (κ1) is 28.5. The second-order valence-electron chi connectivity index (χ2n) is 13.8. The molecule has 6 fully saturated rings. The molecule has 8 atom stereocenters. The number of carbonyl (C=O) groups is 2. The van der Waals surface area contributed by atoms with Crippen LogP contribution in [-0.2, 0) is 9.53 Å². The Hall–Kier alpha value is -1.60. The Morgan fingerprint density at radius 3 is 2.42 bits per heavy atom. The van der Waals surface area contributed by atoms with Gasteiger partial charge in [-0.1, -0.05) is 12.8 Å². The van der Waals surface area contributed by atoms with Crippen LogP contribution < -0.4 is 27.4 Å². The lowest BCUT2D eigenvalue weighted by Gasteiger charge is -2.47. The standard InChI is InChI=1S/C28H47F2N7O3/c1-36-16-28(40-25(36)39)6-8-37(9-7-28)22-18(30)13-33-14-20(22)35-24(38)21(23(31)32)19-11-27-5-3-2-4-26(27,15-27)10-17(29)12-34-19/h17-23,33-34H,2-16,31-32H2,1H3,(H,35,38)/t17?,18?,19?,20?,21?,22?,26-,27?/m0/s1. The van der Waals surface area contributed by atoms with Gasteiger partial charge >= 0.3 is 6.09 Å². The molecule has 7 unspecified atom stereocenters. The predicted octanol–water partition coefficient (Wildman–Crippen LogP) is 0.598. The van der Waals surface area contributed by atoms with Crippen LogP contribution in [0.4, 0.5) is 13.6 Å². The number of nitrogens with one attached hydrogen (secondary N) is 3. The van der Waals surface area contributed by atoms with E-state index in [1.807, 2.05) is 0 Å². The van der Waals surface area contributed by atoms with Crippen LogP contribution in [0.25, 0.3) is 0 Å². The number of likely N-dealkylation sites (N-methyl/N-ethyl adjacent to an activating group) is 1. The third-order valence-electron chi connectivity index (χ3n) is 11.3. The summed E-state index contributed by atoms with van der Waals surface area (Å²) in [4.78, 5) is 29.6. The van der Waals surface area contributed by atoms with Crippen LogP contribution in [-0.4, -0.2) is 110 Å². The first-order valence-corrected chi connectivity index (χ1v) is 15.3. The number of carbonyl (C=O) groups excluding carboxylic acids is 2. The number of rotatable bonds is 5. The molecular weight excluding hydrogens is 520 g/mol. The molecule has 1 spiro atoms. The van der Waals surface area contributed by atoms with Crippen LogP contribution in [0.5, 0.6) is 0 Å². The van der Waals surface area contributed by atoms with E-state index in [2.05, 4.69) is 20.9 Å². The van der Waals surface area contributed by atoms with Gasteiger partial charge in [-0.3, -0.25) is 9.69 Å². The highest BCUT2D eigenvalue weighted by Crippen LogP contribution is 2.75. The summed E-state index contributed by atoms with van der Waals surface area (Å²) in [6, 6.07) is -1.32. The fourth-order valence-electron chi connectivity index (χ4n) is 9.22. The number of piperidine rings is 2. The maximum atomic E-state index is 15.5. The van der Waals surface area contributed by atoms with Gasteiger partial charge in [-0.25, -0.2) is 13.6 Å². The summed E-state index contributed by atoms with van der Waals surface area (Å²) in [5.41, 5.74) is 12.1. The number of ether oxygens (including phenoxy) is 1. The fraction of sp³-hybridized carbons (Fsp3) is 0.929. The molecule has 0 aromatic rings. The molecular formula is C28H47F2N7O3. The molecule has 7 N–H and O–H groups in total. The van der Waals surface area contributed by atoms with Crippen LogP contribution in [0.3, 0.4) is 0 Å². The molecule has 12 heteroatoms. The van der Waals surface area contributed by atoms with Crippen molar-refractivity contribution in [2.45, 2.75) is 100 Å². The Morgan fingerprint density at radius 2 is 1.77 bits per heavy atom. The summed E-state index contributed by atoms with van der Waals surface area (Å²) in [5, 5.41) is 9.57. The predicted molar refractivity (Wildman–Crippen MR) is 146 cm³/mol. The lowest BCUT2D eigenvalue weighted by atomic mass is 9.71. The maximum Gasteiger partial charge on any atom is 0.410 e. The van der Waals surface area contributed by atoms with E-state index >= 15 is 8.78 Å². The van der Waals surface area contributed by atoms with Crippen molar-refractivity contribution in [3.05, 3.63) is 0 Å². The molecule has 0 bridgehead atoms. The zero-order valence-corrected chi connectivity index (χ0v) is 23.7. The summed E-state index contributed by atoms with van der Waals surface area (Å²) in [5.74, 6) is -1.05. The molecule has 4 saturated heterocycles. The van der Waals surface area contributed by atoms with Gasteiger partial charge < -0.3 is 37.1 Å². The van der Waals surface area contributed by atoms with Crippen molar-refractivity contribution in [3.8, 4) is 0 Å². The normalized spacial score (nSPS) is 42.4. The molecule has 40 heavy (non-hydrogen) atoms. The summed E-state index contributed by atoms with van der Waals surface area (Å²) in [7, 11) is 1.73. The van der Waals surface area contributed by atoms with Gasteiger partial charge in [0.05, 0.1) is 30.7 Å². The molecule has 2 aliphatic carbocycles. The van der Waals surface area contributed by atoms with Crippen LogP contribution in [0.2, 0.25) is 0 Å². The zero-order chi connectivity index (χ0) is 28.3. The smallest absolute Gasteiger partial charge is 0.410 e. The van der Waals surface area contributed by atoms with Crippen molar-refractivity contribution in [1.82, 2.24) is 25.8 Å². The summed E-state index contributed by atoms with van der Waals surface area (Å²) < 4.78 is 36.2. The van der Waals surface area contributed by atoms with E-state index in [-0.39, 0.29) is 42.0 Å². The minimum Gasteiger partial charge on any atom is -0.441 e. The van der Waals surface area contributed by atoms with Gasteiger partial charge in [0.2, 0.25) is 5.91 Å². The number of nitrogens with zero attached hydrogens (tertiary/aromatic N) is 2. The number of nitrogens with two attached hydrogens (primary N) is 2. The van der Waals surface area contributed by atoms with Gasteiger partial charge in [0.1, 0.15) is 17.9 Å². The Kier molecular flexibility index (Phi) is 7.55. The van der Waals surface area contributed by atoms with E-state index in [4.69, 9.17) is 16.2 Å². The second-order valence-corrected chi connectivity index (χ2v) is 13.8. The Labute approximate surface area is 235 Å².